The van der Waals surface area contributed by atoms with E-state index in [1.807, 2.05) is 9.80 Å². The van der Waals surface area contributed by atoms with Crippen LogP contribution in [0.15, 0.2) is 0 Å². The number of alkyl halides is 6. The molecule has 4 saturated heterocycles. The van der Waals surface area contributed by atoms with Crippen molar-refractivity contribution in [2.75, 3.05) is 58.9 Å². The Bertz CT molecular complexity index is 1610. The van der Waals surface area contributed by atoms with E-state index in [4.69, 9.17) is 10.2 Å². The van der Waals surface area contributed by atoms with Gasteiger partial charge in [0.25, 0.3) is 11.8 Å². The number of rotatable bonds is 8. The Labute approximate surface area is 296 Å². The maximum atomic E-state index is 14.3. The lowest BCUT2D eigenvalue weighted by molar-refractivity contribution is -0.139. The van der Waals surface area contributed by atoms with E-state index in [0.29, 0.717) is 61.8 Å². The summed E-state index contributed by atoms with van der Waals surface area (Å²) in [6.45, 7) is 5.67. The van der Waals surface area contributed by atoms with E-state index in [-0.39, 0.29) is 86.7 Å². The van der Waals surface area contributed by atoms with Gasteiger partial charge in [-0.15, -0.1) is 0 Å². The second-order valence-electron chi connectivity index (χ2n) is 15.0. The fourth-order valence-corrected chi connectivity index (χ4v) is 8.10. The van der Waals surface area contributed by atoms with Crippen molar-refractivity contribution in [3.8, 4) is 0 Å². The topological polar surface area (TPSA) is 139 Å². The van der Waals surface area contributed by atoms with Crippen LogP contribution in [0, 0.1) is 11.8 Å². The first-order chi connectivity index (χ1) is 24.5. The van der Waals surface area contributed by atoms with Crippen LogP contribution in [-0.4, -0.2) is 106 Å². The lowest BCUT2D eigenvalue weighted by Crippen LogP contribution is -2.57. The van der Waals surface area contributed by atoms with Crippen molar-refractivity contribution >= 4 is 35.5 Å². The predicted octanol–water partition coefficient (Wildman–Crippen LogP) is 4.72. The van der Waals surface area contributed by atoms with Gasteiger partial charge in [-0.2, -0.15) is 27.5 Å². The molecule has 6 atom stereocenters. The molecule has 8 rings (SSSR count). The molecule has 0 amide bonds. The summed E-state index contributed by atoms with van der Waals surface area (Å²) in [6, 6.07) is -0.872. The zero-order valence-electron chi connectivity index (χ0n) is 28.9. The fourth-order valence-electron chi connectivity index (χ4n) is 8.10. The van der Waals surface area contributed by atoms with E-state index in [0.717, 1.165) is 0 Å². The highest BCUT2D eigenvalue weighted by molar-refractivity contribution is 5.68. The van der Waals surface area contributed by atoms with Crippen molar-refractivity contribution in [1.82, 2.24) is 19.9 Å². The largest absolute Gasteiger partial charge is 0.481 e. The van der Waals surface area contributed by atoms with E-state index >= 15 is 0 Å². The summed E-state index contributed by atoms with van der Waals surface area (Å²) in [6.07, 6.45) is -0.766. The standard InChI is InChI=1S/2C17H21F3N4O2/c2*1-9-12(18)8-24(9)16-21-14-11(2-4-17(14,19)20)15(22-16)23-5-3-10(7-23)6-13(25)26/h2*9-10,12H,2-8H2,1H3,(H,25,26)/t2*9-,10?,12-/m00/s1. The number of fused-ring (bicyclic) bond motifs is 2. The SMILES string of the molecule is C[C@H]1[C@@H](F)CN1c1nc(N2CCC(CC(=O)O)C2)c2c(n1)C(F)(F)CC2.C[C@H]1[C@@H](F)CN1c1nc(N2CCC(CC(=O)O)C2)c2c(n1)C(F)(F)CC2. The number of carboxylic acids is 2. The smallest absolute Gasteiger partial charge is 0.303 e. The number of hydrogen-bond acceptors (Lipinski definition) is 10. The minimum absolute atomic E-state index is 0.0263. The van der Waals surface area contributed by atoms with Crippen LogP contribution in [0.1, 0.15) is 74.9 Å². The zero-order valence-corrected chi connectivity index (χ0v) is 28.9. The van der Waals surface area contributed by atoms with Crippen LogP contribution >= 0.6 is 0 Å². The number of anilines is 4. The summed E-state index contributed by atoms with van der Waals surface area (Å²) in [5, 5.41) is 18.0. The summed E-state index contributed by atoms with van der Waals surface area (Å²) < 4.78 is 84.3. The molecule has 2 aromatic heterocycles. The second kappa shape index (κ2) is 13.4. The van der Waals surface area contributed by atoms with Gasteiger partial charge < -0.3 is 29.8 Å². The van der Waals surface area contributed by atoms with Gasteiger partial charge in [0.1, 0.15) is 35.4 Å². The average Bonchev–Trinajstić information content (AvgIpc) is 3.88. The molecular weight excluding hydrogens is 698 g/mol. The quantitative estimate of drug-likeness (QED) is 0.362. The van der Waals surface area contributed by atoms with Crippen LogP contribution in [-0.2, 0) is 34.3 Å². The maximum absolute atomic E-state index is 14.3. The van der Waals surface area contributed by atoms with Crippen molar-refractivity contribution in [1.29, 1.82) is 0 Å². The van der Waals surface area contributed by atoms with Crippen LogP contribution in [0.25, 0.3) is 0 Å². The molecule has 18 heteroatoms. The molecule has 4 fully saturated rings. The lowest BCUT2D eigenvalue weighted by atomic mass is 10.0. The van der Waals surface area contributed by atoms with Gasteiger partial charge in [0, 0.05) is 63.0 Å². The fraction of sp³-hybridized carbons (Fsp3) is 0.706. The first-order valence-corrected chi connectivity index (χ1v) is 17.9. The highest BCUT2D eigenvalue weighted by Crippen LogP contribution is 2.47. The molecule has 0 saturated carbocycles. The monoisotopic (exact) mass is 740 g/mol. The van der Waals surface area contributed by atoms with Gasteiger partial charge in [0.05, 0.1) is 25.2 Å². The molecule has 0 aromatic carbocycles. The van der Waals surface area contributed by atoms with Gasteiger partial charge in [-0.3, -0.25) is 9.59 Å². The molecule has 284 valence electrons. The van der Waals surface area contributed by atoms with Gasteiger partial charge in [-0.1, -0.05) is 0 Å². The molecule has 12 nitrogen and oxygen atoms in total. The molecular formula is C34H42F6N8O4. The summed E-state index contributed by atoms with van der Waals surface area (Å²) in [7, 11) is 0. The number of aromatic nitrogens is 4. The molecule has 2 aromatic rings. The van der Waals surface area contributed by atoms with E-state index in [1.165, 1.54) is 0 Å². The number of halogens is 6. The van der Waals surface area contributed by atoms with E-state index in [9.17, 15) is 35.9 Å². The molecule has 2 N–H and O–H groups in total. The van der Waals surface area contributed by atoms with Crippen molar-refractivity contribution in [3.63, 3.8) is 0 Å². The highest BCUT2D eigenvalue weighted by atomic mass is 19.3. The second-order valence-corrected chi connectivity index (χ2v) is 15.0. The Kier molecular flexibility index (Phi) is 9.33. The van der Waals surface area contributed by atoms with Crippen LogP contribution < -0.4 is 19.6 Å². The summed E-state index contributed by atoms with van der Waals surface area (Å²) >= 11 is 0. The van der Waals surface area contributed by atoms with Gasteiger partial charge >= 0.3 is 11.9 Å². The number of carboxylic acid groups (broad SMARTS) is 2. The Hall–Kier alpha value is -4.12. The zero-order chi connectivity index (χ0) is 37.3. The minimum Gasteiger partial charge on any atom is -0.481 e. The van der Waals surface area contributed by atoms with Crippen LogP contribution in [0.5, 0.6) is 0 Å². The molecule has 6 heterocycles. The lowest BCUT2D eigenvalue weighted by Gasteiger charge is -2.42. The normalized spacial score (nSPS) is 29.6. The molecule has 0 spiro atoms. The number of carbonyl (C=O) groups is 2. The first kappa shape index (κ1) is 36.2. The maximum Gasteiger partial charge on any atom is 0.303 e. The number of hydrogen-bond donors (Lipinski definition) is 2. The van der Waals surface area contributed by atoms with Gasteiger partial charge in [0.2, 0.25) is 11.9 Å². The first-order valence-electron chi connectivity index (χ1n) is 17.9. The summed E-state index contributed by atoms with van der Waals surface area (Å²) in [4.78, 5) is 46.1. The van der Waals surface area contributed by atoms with Crippen molar-refractivity contribution in [2.24, 2.45) is 11.8 Å². The molecule has 4 aliphatic heterocycles. The van der Waals surface area contributed by atoms with Crippen LogP contribution in [0.4, 0.5) is 49.9 Å². The van der Waals surface area contributed by atoms with E-state index in [2.05, 4.69) is 19.9 Å². The summed E-state index contributed by atoms with van der Waals surface area (Å²) in [5.41, 5.74) is 0.377. The molecule has 2 aliphatic carbocycles. The van der Waals surface area contributed by atoms with E-state index < -0.39 is 48.2 Å². The van der Waals surface area contributed by atoms with Crippen LogP contribution in [0.2, 0.25) is 0 Å². The third kappa shape index (κ3) is 6.65. The summed E-state index contributed by atoms with van der Waals surface area (Å²) in [5.74, 6) is -6.58. The van der Waals surface area contributed by atoms with E-state index in [1.54, 1.807) is 23.6 Å². The molecule has 2 unspecified atom stereocenters. The Morgan fingerprint density at radius 1 is 0.673 bits per heavy atom. The Morgan fingerprint density at radius 3 is 1.38 bits per heavy atom. The van der Waals surface area contributed by atoms with Gasteiger partial charge in [-0.05, 0) is 51.4 Å². The third-order valence-corrected chi connectivity index (χ3v) is 11.4. The van der Waals surface area contributed by atoms with Gasteiger partial charge in [-0.25, -0.2) is 18.7 Å². The molecule has 52 heavy (non-hydrogen) atoms. The molecule has 6 aliphatic rings. The Morgan fingerprint density at radius 2 is 1.06 bits per heavy atom. The number of aliphatic carboxylic acids is 2. The third-order valence-electron chi connectivity index (χ3n) is 11.4. The highest BCUT2D eigenvalue weighted by Gasteiger charge is 2.48. The van der Waals surface area contributed by atoms with Crippen LogP contribution in [0.3, 0.4) is 0 Å². The van der Waals surface area contributed by atoms with Gasteiger partial charge in [0.15, 0.2) is 0 Å². The average molecular weight is 741 g/mol. The molecule has 0 bridgehead atoms. The molecule has 0 radical (unpaired) electrons. The minimum atomic E-state index is -3.01. The van der Waals surface area contributed by atoms with Crippen molar-refractivity contribution in [3.05, 3.63) is 22.5 Å². The van der Waals surface area contributed by atoms with Crippen molar-refractivity contribution in [2.45, 2.75) is 101 Å². The van der Waals surface area contributed by atoms with Crippen molar-refractivity contribution < 1.29 is 46.1 Å². The Balaban J connectivity index is 0.000000162. The number of nitrogens with zero attached hydrogens (tertiary/aromatic N) is 8. The predicted molar refractivity (Wildman–Crippen MR) is 177 cm³/mol.